The second-order valence-electron chi connectivity index (χ2n) is 4.87. The van der Waals surface area contributed by atoms with E-state index >= 15 is 0 Å². The molecule has 0 spiro atoms. The summed E-state index contributed by atoms with van der Waals surface area (Å²) < 4.78 is 1.81. The predicted octanol–water partition coefficient (Wildman–Crippen LogP) is 2.84. The third-order valence-corrected chi connectivity index (χ3v) is 4.21. The molecule has 0 saturated carbocycles. The Morgan fingerprint density at radius 2 is 2.27 bits per heavy atom. The van der Waals surface area contributed by atoms with E-state index in [9.17, 15) is 0 Å². The number of nitrogens with zero attached hydrogens (tertiary/aromatic N) is 4. The van der Waals surface area contributed by atoms with E-state index in [1.807, 2.05) is 41.3 Å². The average molecular weight is 310 g/mol. The Hall–Kier alpha value is -2.67. The summed E-state index contributed by atoms with van der Waals surface area (Å²) in [4.78, 5) is 12.8. The van der Waals surface area contributed by atoms with Gasteiger partial charge in [-0.1, -0.05) is 11.3 Å². The van der Waals surface area contributed by atoms with Crippen LogP contribution in [-0.4, -0.2) is 31.1 Å². The van der Waals surface area contributed by atoms with Gasteiger partial charge in [-0.15, -0.1) is 5.10 Å². The molecule has 0 aliphatic rings. The molecule has 0 aliphatic carbocycles. The van der Waals surface area contributed by atoms with Crippen molar-refractivity contribution < 1.29 is 0 Å². The second-order valence-corrected chi connectivity index (χ2v) is 5.83. The molecule has 0 atom stereocenters. The molecule has 7 heteroatoms. The maximum Gasteiger partial charge on any atom is 0.214 e. The molecular weight excluding hydrogens is 296 g/mol. The molecule has 4 aromatic rings. The van der Waals surface area contributed by atoms with E-state index in [1.54, 1.807) is 17.5 Å². The standard InChI is InChI=1S/C15H14N6S/c1-3-11(9-16-6-1)13-10-21-15(19-13)22-14(20-21)18-8-5-12-4-2-7-17-12/h1-4,6-7,9-10,17H,5,8H2,(H,18,20). The van der Waals surface area contributed by atoms with Crippen molar-refractivity contribution in [1.82, 2.24) is 24.6 Å². The highest BCUT2D eigenvalue weighted by atomic mass is 32.1. The lowest BCUT2D eigenvalue weighted by atomic mass is 10.2. The van der Waals surface area contributed by atoms with Gasteiger partial charge in [0.05, 0.1) is 11.9 Å². The Morgan fingerprint density at radius 3 is 3.05 bits per heavy atom. The minimum absolute atomic E-state index is 0.840. The summed E-state index contributed by atoms with van der Waals surface area (Å²) in [5.74, 6) is 0. The quantitative estimate of drug-likeness (QED) is 0.594. The average Bonchev–Trinajstić information content (AvgIpc) is 3.24. The Bertz CT molecular complexity index is 831. The van der Waals surface area contributed by atoms with E-state index in [0.29, 0.717) is 0 Å². The Morgan fingerprint density at radius 1 is 1.27 bits per heavy atom. The van der Waals surface area contributed by atoms with E-state index in [0.717, 1.165) is 34.3 Å². The number of rotatable bonds is 5. The third kappa shape index (κ3) is 2.58. The number of H-pyrrole nitrogens is 1. The number of nitrogens with one attached hydrogen (secondary N) is 2. The summed E-state index contributed by atoms with van der Waals surface area (Å²) in [5.41, 5.74) is 3.11. The molecule has 110 valence electrons. The Labute approximate surface area is 130 Å². The lowest BCUT2D eigenvalue weighted by Gasteiger charge is -1.99. The van der Waals surface area contributed by atoms with Gasteiger partial charge in [-0.3, -0.25) is 4.98 Å². The Balaban J connectivity index is 1.47. The first-order valence-corrected chi connectivity index (χ1v) is 7.83. The summed E-state index contributed by atoms with van der Waals surface area (Å²) >= 11 is 1.55. The number of anilines is 1. The molecule has 0 aromatic carbocycles. The molecule has 4 rings (SSSR count). The number of fused-ring (bicyclic) bond motifs is 1. The molecule has 0 fully saturated rings. The second kappa shape index (κ2) is 5.61. The van der Waals surface area contributed by atoms with Crippen LogP contribution in [0.15, 0.2) is 49.1 Å². The largest absolute Gasteiger partial charge is 0.365 e. The predicted molar refractivity (Wildman–Crippen MR) is 87.1 cm³/mol. The number of aromatic amines is 1. The first-order chi connectivity index (χ1) is 10.9. The molecule has 2 N–H and O–H groups in total. The molecule has 0 saturated heterocycles. The van der Waals surface area contributed by atoms with Gasteiger partial charge in [-0.05, 0) is 24.3 Å². The van der Waals surface area contributed by atoms with Crippen molar-refractivity contribution in [3.05, 3.63) is 54.7 Å². The smallest absolute Gasteiger partial charge is 0.214 e. The van der Waals surface area contributed by atoms with Crippen LogP contribution in [0.3, 0.4) is 0 Å². The van der Waals surface area contributed by atoms with E-state index in [4.69, 9.17) is 0 Å². The number of aromatic nitrogens is 5. The topological polar surface area (TPSA) is 70.9 Å². The normalized spacial score (nSPS) is 11.1. The summed E-state index contributed by atoms with van der Waals surface area (Å²) in [6.07, 6.45) is 8.37. The van der Waals surface area contributed by atoms with E-state index in [2.05, 4.69) is 31.4 Å². The van der Waals surface area contributed by atoms with E-state index in [-0.39, 0.29) is 0 Å². The van der Waals surface area contributed by atoms with Gasteiger partial charge >= 0.3 is 0 Å². The lowest BCUT2D eigenvalue weighted by molar-refractivity contribution is 0.935. The van der Waals surface area contributed by atoms with Crippen LogP contribution >= 0.6 is 11.3 Å². The summed E-state index contributed by atoms with van der Waals surface area (Å²) in [6.45, 7) is 0.840. The molecule has 0 amide bonds. The molecule has 6 nitrogen and oxygen atoms in total. The van der Waals surface area contributed by atoms with Crippen LogP contribution in [0.2, 0.25) is 0 Å². The molecule has 22 heavy (non-hydrogen) atoms. The fourth-order valence-corrected chi connectivity index (χ4v) is 3.06. The van der Waals surface area contributed by atoms with Crippen molar-refractivity contribution in [1.29, 1.82) is 0 Å². The Kier molecular flexibility index (Phi) is 3.32. The third-order valence-electron chi connectivity index (χ3n) is 3.33. The van der Waals surface area contributed by atoms with Crippen LogP contribution in [0.4, 0.5) is 5.13 Å². The monoisotopic (exact) mass is 310 g/mol. The number of imidazole rings is 1. The molecule has 0 aliphatic heterocycles. The molecular formula is C15H14N6S. The first-order valence-electron chi connectivity index (χ1n) is 7.01. The highest BCUT2D eigenvalue weighted by molar-refractivity contribution is 7.20. The first kappa shape index (κ1) is 13.0. The maximum absolute atomic E-state index is 4.59. The lowest BCUT2D eigenvalue weighted by Crippen LogP contribution is -2.04. The zero-order chi connectivity index (χ0) is 14.8. The number of hydrogen-bond donors (Lipinski definition) is 2. The zero-order valence-electron chi connectivity index (χ0n) is 11.7. The van der Waals surface area contributed by atoms with Gasteiger partial charge < -0.3 is 10.3 Å². The van der Waals surface area contributed by atoms with Gasteiger partial charge in [-0.25, -0.2) is 9.50 Å². The minimum atomic E-state index is 0.840. The van der Waals surface area contributed by atoms with Crippen molar-refractivity contribution in [2.75, 3.05) is 11.9 Å². The van der Waals surface area contributed by atoms with Crippen molar-refractivity contribution >= 4 is 21.4 Å². The van der Waals surface area contributed by atoms with Crippen molar-refractivity contribution in [3.8, 4) is 11.3 Å². The fraction of sp³-hybridized carbons (Fsp3) is 0.133. The van der Waals surface area contributed by atoms with E-state index < -0.39 is 0 Å². The summed E-state index contributed by atoms with van der Waals surface area (Å²) in [7, 11) is 0. The molecule has 0 radical (unpaired) electrons. The van der Waals surface area contributed by atoms with Crippen molar-refractivity contribution in [2.45, 2.75) is 6.42 Å². The van der Waals surface area contributed by atoms with Crippen LogP contribution < -0.4 is 5.32 Å². The van der Waals surface area contributed by atoms with Gasteiger partial charge in [-0.2, -0.15) is 0 Å². The van der Waals surface area contributed by atoms with Gasteiger partial charge in [0.25, 0.3) is 0 Å². The van der Waals surface area contributed by atoms with E-state index in [1.165, 1.54) is 5.69 Å². The van der Waals surface area contributed by atoms with Crippen molar-refractivity contribution in [2.24, 2.45) is 0 Å². The van der Waals surface area contributed by atoms with Crippen LogP contribution in [-0.2, 0) is 6.42 Å². The zero-order valence-corrected chi connectivity index (χ0v) is 12.5. The molecule has 4 heterocycles. The molecule has 0 unspecified atom stereocenters. The molecule has 4 aromatic heterocycles. The van der Waals surface area contributed by atoms with Gasteiger partial charge in [0.15, 0.2) is 0 Å². The highest BCUT2D eigenvalue weighted by Crippen LogP contribution is 2.23. The summed E-state index contributed by atoms with van der Waals surface area (Å²) in [5, 5.41) is 8.72. The highest BCUT2D eigenvalue weighted by Gasteiger charge is 2.09. The van der Waals surface area contributed by atoms with Crippen LogP contribution in [0.5, 0.6) is 0 Å². The number of hydrogen-bond acceptors (Lipinski definition) is 5. The fourth-order valence-electron chi connectivity index (χ4n) is 2.25. The van der Waals surface area contributed by atoms with Crippen LogP contribution in [0, 0.1) is 0 Å². The summed E-state index contributed by atoms with van der Waals surface area (Å²) in [6, 6.07) is 7.99. The van der Waals surface area contributed by atoms with Crippen LogP contribution in [0.1, 0.15) is 5.69 Å². The van der Waals surface area contributed by atoms with Crippen molar-refractivity contribution in [3.63, 3.8) is 0 Å². The maximum atomic E-state index is 4.59. The van der Waals surface area contributed by atoms with Gasteiger partial charge in [0.1, 0.15) is 0 Å². The van der Waals surface area contributed by atoms with Gasteiger partial charge in [0, 0.05) is 42.8 Å². The van der Waals surface area contributed by atoms with Gasteiger partial charge in [0.2, 0.25) is 10.1 Å². The minimum Gasteiger partial charge on any atom is -0.365 e. The SMILES string of the molecule is c1cncc(-c2cn3nc(NCCc4ccc[nH]4)sc3n2)c1. The van der Waals surface area contributed by atoms with Crippen LogP contribution in [0.25, 0.3) is 16.2 Å². The molecule has 0 bridgehead atoms. The number of pyridine rings is 1.